The minimum Gasteiger partial charge on any atom is -0.489 e. The van der Waals surface area contributed by atoms with E-state index in [4.69, 9.17) is 4.74 Å². The molecule has 2 nitrogen and oxygen atoms in total. The van der Waals surface area contributed by atoms with Crippen LogP contribution in [-0.2, 0) is 13.2 Å². The van der Waals surface area contributed by atoms with Gasteiger partial charge in [0.25, 0.3) is 0 Å². The van der Waals surface area contributed by atoms with E-state index in [1.807, 2.05) is 29.6 Å². The summed E-state index contributed by atoms with van der Waals surface area (Å²) in [5, 5.41) is 13.3. The number of rotatable bonds is 4. The van der Waals surface area contributed by atoms with E-state index >= 15 is 0 Å². The highest BCUT2D eigenvalue weighted by Crippen LogP contribution is 2.24. The largest absolute Gasteiger partial charge is 0.489 e. The Bertz CT molecular complexity index is 454. The maximum atomic E-state index is 9.20. The Kier molecular flexibility index (Phi) is 3.98. The van der Waals surface area contributed by atoms with Crippen molar-refractivity contribution < 1.29 is 9.84 Å². The molecule has 0 aliphatic rings. The van der Waals surface area contributed by atoms with Gasteiger partial charge in [0.2, 0.25) is 0 Å². The standard InChI is InChI=1S/C12H11BrO2S/c13-11-1-2-12(10(5-11)6-14)15-7-9-3-4-16-8-9/h1-5,8,14H,6-7H2. The molecule has 0 fully saturated rings. The second-order valence-electron chi connectivity index (χ2n) is 3.33. The third kappa shape index (κ3) is 2.84. The van der Waals surface area contributed by atoms with E-state index in [0.717, 1.165) is 21.3 Å². The summed E-state index contributed by atoms with van der Waals surface area (Å²) in [5.74, 6) is 0.733. The lowest BCUT2D eigenvalue weighted by molar-refractivity contribution is 0.259. The highest BCUT2D eigenvalue weighted by Gasteiger charge is 2.04. The molecule has 0 atom stereocenters. The Morgan fingerprint density at radius 3 is 2.88 bits per heavy atom. The molecular weight excluding hydrogens is 288 g/mol. The van der Waals surface area contributed by atoms with Crippen LogP contribution in [0, 0.1) is 0 Å². The molecule has 0 aliphatic heterocycles. The molecule has 0 spiro atoms. The highest BCUT2D eigenvalue weighted by atomic mass is 79.9. The molecule has 1 aromatic heterocycles. The van der Waals surface area contributed by atoms with Gasteiger partial charge in [-0.3, -0.25) is 0 Å². The molecule has 1 aromatic carbocycles. The van der Waals surface area contributed by atoms with Crippen molar-refractivity contribution in [2.45, 2.75) is 13.2 Å². The summed E-state index contributed by atoms with van der Waals surface area (Å²) in [6, 6.07) is 7.66. The lowest BCUT2D eigenvalue weighted by atomic mass is 10.2. The topological polar surface area (TPSA) is 29.5 Å². The Labute approximate surface area is 107 Å². The predicted octanol–water partition coefficient (Wildman–Crippen LogP) is 3.58. The zero-order valence-corrected chi connectivity index (χ0v) is 10.9. The number of aliphatic hydroxyl groups excluding tert-OH is 1. The van der Waals surface area contributed by atoms with Crippen LogP contribution >= 0.6 is 27.3 Å². The quantitative estimate of drug-likeness (QED) is 0.935. The summed E-state index contributed by atoms with van der Waals surface area (Å²) in [6.07, 6.45) is 0. The van der Waals surface area contributed by atoms with Gasteiger partial charge in [-0.05, 0) is 40.6 Å². The Hall–Kier alpha value is -0.840. The van der Waals surface area contributed by atoms with Gasteiger partial charge in [-0.2, -0.15) is 11.3 Å². The molecule has 16 heavy (non-hydrogen) atoms. The lowest BCUT2D eigenvalue weighted by Gasteiger charge is -2.09. The molecule has 0 radical (unpaired) electrons. The van der Waals surface area contributed by atoms with E-state index in [2.05, 4.69) is 21.3 Å². The molecule has 0 bridgehead atoms. The van der Waals surface area contributed by atoms with Gasteiger partial charge in [0.05, 0.1) is 6.61 Å². The van der Waals surface area contributed by atoms with E-state index < -0.39 is 0 Å². The number of hydrogen-bond donors (Lipinski definition) is 1. The summed E-state index contributed by atoms with van der Waals surface area (Å²) in [5.41, 5.74) is 1.95. The highest BCUT2D eigenvalue weighted by molar-refractivity contribution is 9.10. The van der Waals surface area contributed by atoms with Crippen molar-refractivity contribution in [1.29, 1.82) is 0 Å². The first-order chi connectivity index (χ1) is 7.79. The van der Waals surface area contributed by atoms with E-state index in [9.17, 15) is 5.11 Å². The van der Waals surface area contributed by atoms with Gasteiger partial charge < -0.3 is 9.84 Å². The van der Waals surface area contributed by atoms with Crippen molar-refractivity contribution in [1.82, 2.24) is 0 Å². The molecule has 0 amide bonds. The van der Waals surface area contributed by atoms with Crippen LogP contribution in [0.1, 0.15) is 11.1 Å². The first-order valence-electron chi connectivity index (χ1n) is 4.83. The van der Waals surface area contributed by atoms with Crippen LogP contribution in [0.25, 0.3) is 0 Å². The van der Waals surface area contributed by atoms with Crippen molar-refractivity contribution in [2.75, 3.05) is 0 Å². The van der Waals surface area contributed by atoms with Gasteiger partial charge >= 0.3 is 0 Å². The molecule has 0 saturated carbocycles. The predicted molar refractivity (Wildman–Crippen MR) is 68.7 cm³/mol. The van der Waals surface area contributed by atoms with Crippen molar-refractivity contribution >= 4 is 27.3 Å². The number of benzene rings is 1. The van der Waals surface area contributed by atoms with E-state index in [0.29, 0.717) is 6.61 Å². The maximum Gasteiger partial charge on any atom is 0.125 e. The van der Waals surface area contributed by atoms with Crippen LogP contribution in [0.15, 0.2) is 39.5 Å². The summed E-state index contributed by atoms with van der Waals surface area (Å²) in [4.78, 5) is 0. The van der Waals surface area contributed by atoms with Crippen LogP contribution in [0.3, 0.4) is 0 Å². The fourth-order valence-corrected chi connectivity index (χ4v) is 2.41. The minimum atomic E-state index is -0.0155. The van der Waals surface area contributed by atoms with Crippen molar-refractivity contribution in [2.24, 2.45) is 0 Å². The molecule has 1 heterocycles. The molecule has 0 unspecified atom stereocenters. The van der Waals surface area contributed by atoms with Gasteiger partial charge in [-0.1, -0.05) is 15.9 Å². The van der Waals surface area contributed by atoms with Crippen molar-refractivity contribution in [3.05, 3.63) is 50.6 Å². The summed E-state index contributed by atoms with van der Waals surface area (Å²) in [6.45, 7) is 0.524. The summed E-state index contributed by atoms with van der Waals surface area (Å²) in [7, 11) is 0. The molecule has 2 rings (SSSR count). The van der Waals surface area contributed by atoms with Crippen molar-refractivity contribution in [3.63, 3.8) is 0 Å². The van der Waals surface area contributed by atoms with Gasteiger partial charge in [-0.15, -0.1) is 0 Å². The normalized spacial score (nSPS) is 10.4. The average Bonchev–Trinajstić information content (AvgIpc) is 2.80. The average molecular weight is 299 g/mol. The van der Waals surface area contributed by atoms with Gasteiger partial charge in [-0.25, -0.2) is 0 Å². The number of aliphatic hydroxyl groups is 1. The number of ether oxygens (including phenoxy) is 1. The molecular formula is C12H11BrO2S. The summed E-state index contributed by atoms with van der Waals surface area (Å²) < 4.78 is 6.60. The molecule has 4 heteroatoms. The number of halogens is 1. The van der Waals surface area contributed by atoms with E-state index in [1.54, 1.807) is 11.3 Å². The van der Waals surface area contributed by atoms with Crippen LogP contribution < -0.4 is 4.74 Å². The van der Waals surface area contributed by atoms with Crippen molar-refractivity contribution in [3.8, 4) is 5.75 Å². The minimum absolute atomic E-state index is 0.0155. The Balaban J connectivity index is 2.09. The second kappa shape index (κ2) is 5.48. The SMILES string of the molecule is OCc1cc(Br)ccc1OCc1ccsc1. The fourth-order valence-electron chi connectivity index (χ4n) is 1.35. The maximum absolute atomic E-state index is 9.20. The van der Waals surface area contributed by atoms with Gasteiger partial charge in [0.15, 0.2) is 0 Å². The monoisotopic (exact) mass is 298 g/mol. The van der Waals surface area contributed by atoms with Crippen LogP contribution in [0.5, 0.6) is 5.75 Å². The molecule has 1 N–H and O–H groups in total. The van der Waals surface area contributed by atoms with E-state index in [-0.39, 0.29) is 6.61 Å². The first-order valence-corrected chi connectivity index (χ1v) is 6.56. The van der Waals surface area contributed by atoms with Crippen LogP contribution in [-0.4, -0.2) is 5.11 Å². The zero-order chi connectivity index (χ0) is 11.4. The zero-order valence-electron chi connectivity index (χ0n) is 8.52. The number of thiophene rings is 1. The molecule has 0 saturated heterocycles. The fraction of sp³-hybridized carbons (Fsp3) is 0.167. The molecule has 84 valence electrons. The Morgan fingerprint density at radius 2 is 2.19 bits per heavy atom. The lowest BCUT2D eigenvalue weighted by Crippen LogP contribution is -1.97. The van der Waals surface area contributed by atoms with Gasteiger partial charge in [0.1, 0.15) is 12.4 Å². The molecule has 0 aliphatic carbocycles. The third-order valence-electron chi connectivity index (χ3n) is 2.17. The van der Waals surface area contributed by atoms with Crippen LogP contribution in [0.4, 0.5) is 0 Å². The second-order valence-corrected chi connectivity index (χ2v) is 5.03. The van der Waals surface area contributed by atoms with Gasteiger partial charge in [0, 0.05) is 10.0 Å². The molecule has 2 aromatic rings. The van der Waals surface area contributed by atoms with E-state index in [1.165, 1.54) is 0 Å². The smallest absolute Gasteiger partial charge is 0.125 e. The Morgan fingerprint density at radius 1 is 1.31 bits per heavy atom. The number of hydrogen-bond acceptors (Lipinski definition) is 3. The summed E-state index contributed by atoms with van der Waals surface area (Å²) >= 11 is 5.01. The first kappa shape index (κ1) is 11.6. The van der Waals surface area contributed by atoms with Crippen LogP contribution in [0.2, 0.25) is 0 Å². The third-order valence-corrected chi connectivity index (χ3v) is 3.39.